The van der Waals surface area contributed by atoms with E-state index in [4.69, 9.17) is 10.5 Å². The predicted molar refractivity (Wildman–Crippen MR) is 108 cm³/mol. The second-order valence-electron chi connectivity index (χ2n) is 6.93. The Hall–Kier alpha value is -3.40. The molecule has 1 atom stereocenters. The van der Waals surface area contributed by atoms with Gasteiger partial charge in [-0.1, -0.05) is 12.1 Å². The maximum absolute atomic E-state index is 9.84. The summed E-state index contributed by atoms with van der Waals surface area (Å²) in [5.41, 5.74) is 12.7. The van der Waals surface area contributed by atoms with E-state index < -0.39 is 0 Å². The summed E-state index contributed by atoms with van der Waals surface area (Å²) in [4.78, 5) is 0. The Bertz CT molecular complexity index is 1030. The van der Waals surface area contributed by atoms with Crippen LogP contribution >= 0.6 is 0 Å². The standard InChI is InChI=1S/C23H21NO3/c1-13-9-17(10-14(2)22(13)24)23-20(15-3-6-18(25)7-4-15)11-16-5-8-19(26)12-21(16)27-23/h3-12,23,25-26H,24H2,1-2H3. The van der Waals surface area contributed by atoms with Crippen molar-refractivity contribution in [1.29, 1.82) is 0 Å². The Labute approximate surface area is 158 Å². The highest BCUT2D eigenvalue weighted by molar-refractivity contribution is 5.88. The SMILES string of the molecule is Cc1cc(C2Oc3cc(O)ccc3C=C2c2ccc(O)cc2)cc(C)c1N. The Balaban J connectivity index is 1.89. The molecule has 0 aliphatic carbocycles. The van der Waals surface area contributed by atoms with Crippen molar-refractivity contribution in [3.05, 3.63) is 82.4 Å². The first-order valence-corrected chi connectivity index (χ1v) is 8.79. The van der Waals surface area contributed by atoms with Crippen molar-refractivity contribution >= 4 is 17.3 Å². The van der Waals surface area contributed by atoms with E-state index in [1.54, 1.807) is 24.3 Å². The predicted octanol–water partition coefficient (Wildman–Crippen LogP) is 4.97. The fourth-order valence-corrected chi connectivity index (χ4v) is 3.47. The molecule has 0 amide bonds. The van der Waals surface area contributed by atoms with Gasteiger partial charge in [0, 0.05) is 22.9 Å². The van der Waals surface area contributed by atoms with Crippen molar-refractivity contribution in [2.45, 2.75) is 20.0 Å². The molecule has 0 fully saturated rings. The highest BCUT2D eigenvalue weighted by Crippen LogP contribution is 2.44. The van der Waals surface area contributed by atoms with Gasteiger partial charge in [-0.15, -0.1) is 0 Å². The summed E-state index contributed by atoms with van der Waals surface area (Å²) in [6.45, 7) is 3.97. The normalized spacial score (nSPS) is 15.6. The molecular weight excluding hydrogens is 338 g/mol. The van der Waals surface area contributed by atoms with Crippen LogP contribution in [0.4, 0.5) is 5.69 Å². The van der Waals surface area contributed by atoms with Crippen LogP contribution in [-0.2, 0) is 0 Å². The summed E-state index contributed by atoms with van der Waals surface area (Å²) < 4.78 is 6.31. The second-order valence-corrected chi connectivity index (χ2v) is 6.93. The van der Waals surface area contributed by atoms with E-state index in [9.17, 15) is 10.2 Å². The van der Waals surface area contributed by atoms with Crippen molar-refractivity contribution in [2.24, 2.45) is 0 Å². The highest BCUT2D eigenvalue weighted by atomic mass is 16.5. The van der Waals surface area contributed by atoms with Crippen LogP contribution in [0.25, 0.3) is 11.6 Å². The average molecular weight is 359 g/mol. The van der Waals surface area contributed by atoms with Crippen LogP contribution in [0.2, 0.25) is 0 Å². The largest absolute Gasteiger partial charge is 0.508 e. The summed E-state index contributed by atoms with van der Waals surface area (Å²) in [5, 5.41) is 19.5. The molecular formula is C23H21NO3. The molecule has 136 valence electrons. The van der Waals surface area contributed by atoms with E-state index in [0.717, 1.165) is 39.1 Å². The van der Waals surface area contributed by atoms with Gasteiger partial charge in [0.05, 0.1) is 0 Å². The van der Waals surface area contributed by atoms with Gasteiger partial charge in [0.25, 0.3) is 0 Å². The molecule has 0 aromatic heterocycles. The monoisotopic (exact) mass is 359 g/mol. The Kier molecular flexibility index (Phi) is 4.04. The molecule has 4 N–H and O–H groups in total. The number of nitrogen functional groups attached to an aromatic ring is 1. The molecule has 0 bridgehead atoms. The quantitative estimate of drug-likeness (QED) is 0.565. The zero-order chi connectivity index (χ0) is 19.1. The minimum absolute atomic E-state index is 0.165. The lowest BCUT2D eigenvalue weighted by Gasteiger charge is -2.29. The maximum Gasteiger partial charge on any atom is 0.149 e. The summed E-state index contributed by atoms with van der Waals surface area (Å²) in [6, 6.07) is 16.3. The Morgan fingerprint density at radius 2 is 1.48 bits per heavy atom. The highest BCUT2D eigenvalue weighted by Gasteiger charge is 2.26. The molecule has 1 aliphatic heterocycles. The smallest absolute Gasteiger partial charge is 0.149 e. The van der Waals surface area contributed by atoms with Gasteiger partial charge in [0.15, 0.2) is 0 Å². The van der Waals surface area contributed by atoms with Gasteiger partial charge in [-0.05, 0) is 78.6 Å². The molecule has 27 heavy (non-hydrogen) atoms. The number of hydrogen-bond donors (Lipinski definition) is 3. The molecule has 0 saturated heterocycles. The third-order valence-corrected chi connectivity index (χ3v) is 4.95. The molecule has 0 radical (unpaired) electrons. The number of nitrogens with two attached hydrogens (primary N) is 1. The fourth-order valence-electron chi connectivity index (χ4n) is 3.47. The van der Waals surface area contributed by atoms with E-state index in [-0.39, 0.29) is 17.6 Å². The Morgan fingerprint density at radius 1 is 0.852 bits per heavy atom. The van der Waals surface area contributed by atoms with Crippen molar-refractivity contribution in [3.8, 4) is 17.2 Å². The lowest BCUT2D eigenvalue weighted by Crippen LogP contribution is -2.15. The average Bonchev–Trinajstić information content (AvgIpc) is 2.65. The minimum Gasteiger partial charge on any atom is -0.508 e. The van der Waals surface area contributed by atoms with Gasteiger partial charge in [-0.3, -0.25) is 0 Å². The lowest BCUT2D eigenvalue weighted by atomic mass is 9.89. The molecule has 1 aliphatic rings. The van der Waals surface area contributed by atoms with E-state index in [1.807, 2.05) is 44.2 Å². The zero-order valence-electron chi connectivity index (χ0n) is 15.2. The summed E-state index contributed by atoms with van der Waals surface area (Å²) in [5.74, 6) is 1.02. The van der Waals surface area contributed by atoms with E-state index in [2.05, 4.69) is 6.08 Å². The van der Waals surface area contributed by atoms with Gasteiger partial charge in [0.1, 0.15) is 23.4 Å². The number of phenols is 2. The van der Waals surface area contributed by atoms with Gasteiger partial charge >= 0.3 is 0 Å². The summed E-state index contributed by atoms with van der Waals surface area (Å²) in [6.07, 6.45) is 1.72. The zero-order valence-corrected chi connectivity index (χ0v) is 15.2. The molecule has 4 heteroatoms. The van der Waals surface area contributed by atoms with Crippen LogP contribution in [0.1, 0.15) is 33.9 Å². The molecule has 3 aromatic rings. The maximum atomic E-state index is 9.84. The van der Waals surface area contributed by atoms with Crippen LogP contribution < -0.4 is 10.5 Å². The molecule has 3 aromatic carbocycles. The van der Waals surface area contributed by atoms with Gasteiger partial charge in [-0.25, -0.2) is 0 Å². The number of rotatable bonds is 2. The first kappa shape index (κ1) is 17.0. The molecule has 4 nitrogen and oxygen atoms in total. The Morgan fingerprint density at radius 3 is 2.15 bits per heavy atom. The lowest BCUT2D eigenvalue weighted by molar-refractivity contribution is 0.260. The minimum atomic E-state index is -0.346. The van der Waals surface area contributed by atoms with Gasteiger partial charge in [0.2, 0.25) is 0 Å². The number of anilines is 1. The third kappa shape index (κ3) is 3.10. The second kappa shape index (κ2) is 6.40. The number of hydrogen-bond acceptors (Lipinski definition) is 4. The molecule has 0 saturated carbocycles. The molecule has 0 spiro atoms. The van der Waals surface area contributed by atoms with Crippen LogP contribution in [-0.4, -0.2) is 10.2 Å². The number of aryl methyl sites for hydroxylation is 2. The van der Waals surface area contributed by atoms with Crippen LogP contribution in [0, 0.1) is 13.8 Å². The van der Waals surface area contributed by atoms with E-state index in [0.29, 0.717) is 5.75 Å². The first-order valence-electron chi connectivity index (χ1n) is 8.79. The van der Waals surface area contributed by atoms with Crippen LogP contribution in [0.15, 0.2) is 54.6 Å². The van der Waals surface area contributed by atoms with Crippen molar-refractivity contribution < 1.29 is 14.9 Å². The van der Waals surface area contributed by atoms with E-state index in [1.165, 1.54) is 0 Å². The van der Waals surface area contributed by atoms with Crippen LogP contribution in [0.5, 0.6) is 17.2 Å². The first-order chi connectivity index (χ1) is 12.9. The van der Waals surface area contributed by atoms with E-state index >= 15 is 0 Å². The number of benzene rings is 3. The van der Waals surface area contributed by atoms with Gasteiger partial charge in [-0.2, -0.15) is 0 Å². The summed E-state index contributed by atoms with van der Waals surface area (Å²) in [7, 11) is 0. The number of fused-ring (bicyclic) bond motifs is 1. The molecule has 1 unspecified atom stereocenters. The third-order valence-electron chi connectivity index (χ3n) is 4.95. The van der Waals surface area contributed by atoms with Crippen molar-refractivity contribution in [1.82, 2.24) is 0 Å². The summed E-state index contributed by atoms with van der Waals surface area (Å²) >= 11 is 0. The van der Waals surface area contributed by atoms with Crippen LogP contribution in [0.3, 0.4) is 0 Å². The topological polar surface area (TPSA) is 75.7 Å². The fraction of sp³-hybridized carbons (Fsp3) is 0.130. The van der Waals surface area contributed by atoms with Crippen molar-refractivity contribution in [3.63, 3.8) is 0 Å². The number of ether oxygens (including phenoxy) is 1. The van der Waals surface area contributed by atoms with Crippen molar-refractivity contribution in [2.75, 3.05) is 5.73 Å². The molecule has 1 heterocycles. The molecule has 4 rings (SSSR count). The number of phenolic OH excluding ortho intramolecular Hbond substituents is 2. The van der Waals surface area contributed by atoms with Gasteiger partial charge < -0.3 is 20.7 Å². The number of aromatic hydroxyl groups is 2.